The first-order valence-electron chi connectivity index (χ1n) is 6.67. The van der Waals surface area contributed by atoms with Crippen LogP contribution in [0.5, 0.6) is 11.5 Å². The van der Waals surface area contributed by atoms with Crippen molar-refractivity contribution in [2.24, 2.45) is 0 Å². The van der Waals surface area contributed by atoms with E-state index in [1.54, 1.807) is 31.2 Å². The number of ether oxygens (including phenoxy) is 1. The highest BCUT2D eigenvalue weighted by Crippen LogP contribution is 2.37. The molecular formula is C16H16O5S. The summed E-state index contributed by atoms with van der Waals surface area (Å²) in [5.74, 6) is 0.337. The van der Waals surface area contributed by atoms with Gasteiger partial charge in [-0.2, -0.15) is 0 Å². The molecule has 0 fully saturated rings. The van der Waals surface area contributed by atoms with E-state index in [0.29, 0.717) is 40.0 Å². The van der Waals surface area contributed by atoms with E-state index in [9.17, 15) is 14.7 Å². The first-order chi connectivity index (χ1) is 10.5. The van der Waals surface area contributed by atoms with Crippen molar-refractivity contribution >= 4 is 34.8 Å². The Balaban J connectivity index is 2.27. The van der Waals surface area contributed by atoms with Gasteiger partial charge in [0, 0.05) is 22.1 Å². The van der Waals surface area contributed by atoms with E-state index in [1.807, 2.05) is 0 Å². The molecule has 0 saturated carbocycles. The lowest BCUT2D eigenvalue weighted by Crippen LogP contribution is -2.05. The second kappa shape index (κ2) is 7.17. The third-order valence-corrected chi connectivity index (χ3v) is 4.06. The number of aliphatic carboxylic acids is 1. The van der Waals surface area contributed by atoms with Crippen LogP contribution in [-0.2, 0) is 4.79 Å². The number of rotatable bonds is 7. The number of carboxylic acid groups (broad SMARTS) is 1. The molecule has 5 nitrogen and oxygen atoms in total. The van der Waals surface area contributed by atoms with Crippen molar-refractivity contribution in [3.63, 3.8) is 0 Å². The lowest BCUT2D eigenvalue weighted by atomic mass is 10.0. The summed E-state index contributed by atoms with van der Waals surface area (Å²) in [4.78, 5) is 21.7. The van der Waals surface area contributed by atoms with Crippen molar-refractivity contribution in [1.82, 2.24) is 0 Å². The second-order valence-corrected chi connectivity index (χ2v) is 5.83. The van der Waals surface area contributed by atoms with Gasteiger partial charge in [-0.15, -0.1) is 11.8 Å². The van der Waals surface area contributed by atoms with Gasteiger partial charge in [0.2, 0.25) is 0 Å². The highest BCUT2D eigenvalue weighted by atomic mass is 32.2. The summed E-state index contributed by atoms with van der Waals surface area (Å²) in [6.07, 6.45) is 0.725. The van der Waals surface area contributed by atoms with Gasteiger partial charge in [0.05, 0.1) is 12.4 Å². The van der Waals surface area contributed by atoms with Gasteiger partial charge in [-0.05, 0) is 18.6 Å². The quantitative estimate of drug-likeness (QED) is 0.603. The fourth-order valence-corrected chi connectivity index (χ4v) is 2.69. The second-order valence-electron chi connectivity index (χ2n) is 4.72. The average molecular weight is 320 g/mol. The number of hydrogen-bond acceptors (Lipinski definition) is 5. The molecule has 2 rings (SSSR count). The number of aldehydes is 1. The van der Waals surface area contributed by atoms with Crippen LogP contribution in [0.2, 0.25) is 0 Å². The Hall–Kier alpha value is -2.21. The van der Waals surface area contributed by atoms with E-state index < -0.39 is 5.97 Å². The zero-order chi connectivity index (χ0) is 16.1. The van der Waals surface area contributed by atoms with Crippen LogP contribution in [0.4, 0.5) is 0 Å². The minimum Gasteiger partial charge on any atom is -0.507 e. The Morgan fingerprint density at radius 1 is 1.41 bits per heavy atom. The molecule has 0 unspecified atom stereocenters. The molecule has 0 atom stereocenters. The Morgan fingerprint density at radius 3 is 2.86 bits per heavy atom. The average Bonchev–Trinajstić information content (AvgIpc) is 2.50. The third kappa shape index (κ3) is 3.51. The maximum absolute atomic E-state index is 11.2. The predicted octanol–water partition coefficient (Wildman–Crippen LogP) is 2.86. The zero-order valence-electron chi connectivity index (χ0n) is 12.0. The normalized spacial score (nSPS) is 10.6. The number of carbonyl (C=O) groups is 2. The fraction of sp³-hybridized carbons (Fsp3) is 0.250. The van der Waals surface area contributed by atoms with Crippen LogP contribution < -0.4 is 4.74 Å². The van der Waals surface area contributed by atoms with Gasteiger partial charge in [-0.1, -0.05) is 18.2 Å². The van der Waals surface area contributed by atoms with Crippen LogP contribution in [0.1, 0.15) is 15.9 Å². The van der Waals surface area contributed by atoms with Crippen molar-refractivity contribution in [3.05, 3.63) is 35.4 Å². The van der Waals surface area contributed by atoms with Crippen LogP contribution in [0, 0.1) is 6.92 Å². The monoisotopic (exact) mass is 320 g/mol. The summed E-state index contributed by atoms with van der Waals surface area (Å²) in [6, 6.07) is 6.79. The number of phenolic OH excluding ortho intramolecular Hbond substituents is 1. The molecule has 0 heterocycles. The minimum atomic E-state index is -0.862. The largest absolute Gasteiger partial charge is 0.507 e. The first kappa shape index (κ1) is 16.2. The molecule has 0 aliphatic heterocycles. The van der Waals surface area contributed by atoms with Gasteiger partial charge < -0.3 is 14.9 Å². The summed E-state index contributed by atoms with van der Waals surface area (Å²) >= 11 is 1.26. The van der Waals surface area contributed by atoms with Crippen LogP contribution in [-0.4, -0.2) is 40.6 Å². The summed E-state index contributed by atoms with van der Waals surface area (Å²) in [7, 11) is 0. The number of fused-ring (bicyclic) bond motifs is 1. The van der Waals surface area contributed by atoms with Crippen LogP contribution >= 0.6 is 11.8 Å². The Labute approximate surface area is 131 Å². The molecule has 6 heteroatoms. The van der Waals surface area contributed by atoms with E-state index >= 15 is 0 Å². The van der Waals surface area contributed by atoms with Gasteiger partial charge in [0.1, 0.15) is 11.5 Å². The number of hydrogen-bond donors (Lipinski definition) is 2. The molecule has 0 amide bonds. The standard InChI is InChI=1S/C16H16O5S/c1-10-7-13(21-5-6-22-9-14(18)19)15-11(8-17)3-2-4-12(15)16(10)20/h2-4,7-8,20H,5-6,9H2,1H3,(H,18,19). The SMILES string of the molecule is Cc1cc(OCCSCC(=O)O)c2c(C=O)cccc2c1O. The Morgan fingerprint density at radius 2 is 2.18 bits per heavy atom. The van der Waals surface area contributed by atoms with Crippen molar-refractivity contribution in [3.8, 4) is 11.5 Å². The van der Waals surface area contributed by atoms with Gasteiger partial charge >= 0.3 is 5.97 Å². The number of aryl methyl sites for hydroxylation is 1. The van der Waals surface area contributed by atoms with Crippen LogP contribution in [0.15, 0.2) is 24.3 Å². The molecule has 22 heavy (non-hydrogen) atoms. The molecule has 0 saturated heterocycles. The smallest absolute Gasteiger partial charge is 0.313 e. The van der Waals surface area contributed by atoms with Gasteiger partial charge in [0.15, 0.2) is 6.29 Å². The minimum absolute atomic E-state index is 0.0261. The molecule has 0 aromatic heterocycles. The third-order valence-electron chi connectivity index (χ3n) is 3.16. The number of thioether (sulfide) groups is 1. The van der Waals surface area contributed by atoms with E-state index in [2.05, 4.69) is 0 Å². The van der Waals surface area contributed by atoms with Crippen molar-refractivity contribution < 1.29 is 24.5 Å². The summed E-state index contributed by atoms with van der Waals surface area (Å²) in [5, 5.41) is 19.9. The fourth-order valence-electron chi connectivity index (χ4n) is 2.17. The van der Waals surface area contributed by atoms with Gasteiger partial charge in [-0.25, -0.2) is 0 Å². The maximum atomic E-state index is 11.2. The van der Waals surface area contributed by atoms with E-state index in [1.165, 1.54) is 11.8 Å². The molecule has 0 aliphatic carbocycles. The van der Waals surface area contributed by atoms with Crippen molar-refractivity contribution in [2.75, 3.05) is 18.1 Å². The molecule has 2 aromatic carbocycles. The van der Waals surface area contributed by atoms with E-state index in [-0.39, 0.29) is 11.5 Å². The number of aromatic hydroxyl groups is 1. The highest BCUT2D eigenvalue weighted by Gasteiger charge is 2.13. The maximum Gasteiger partial charge on any atom is 0.313 e. The first-order valence-corrected chi connectivity index (χ1v) is 7.83. The molecule has 0 aliphatic rings. The van der Waals surface area contributed by atoms with E-state index in [0.717, 1.165) is 6.29 Å². The van der Waals surface area contributed by atoms with E-state index in [4.69, 9.17) is 9.84 Å². The Bertz CT molecular complexity index is 711. The zero-order valence-corrected chi connectivity index (χ0v) is 12.9. The lowest BCUT2D eigenvalue weighted by Gasteiger charge is -2.13. The summed E-state index contributed by atoms with van der Waals surface area (Å²) < 4.78 is 5.70. The molecule has 0 bridgehead atoms. The number of carboxylic acids is 1. The summed E-state index contributed by atoms with van der Waals surface area (Å²) in [6.45, 7) is 2.08. The molecule has 2 N–H and O–H groups in total. The molecule has 0 radical (unpaired) electrons. The van der Waals surface area contributed by atoms with Gasteiger partial charge in [0.25, 0.3) is 0 Å². The molecular weight excluding hydrogens is 304 g/mol. The topological polar surface area (TPSA) is 83.8 Å². The Kier molecular flexibility index (Phi) is 5.27. The molecule has 2 aromatic rings. The van der Waals surface area contributed by atoms with Crippen LogP contribution in [0.25, 0.3) is 10.8 Å². The van der Waals surface area contributed by atoms with Crippen molar-refractivity contribution in [2.45, 2.75) is 6.92 Å². The molecule has 116 valence electrons. The van der Waals surface area contributed by atoms with Crippen molar-refractivity contribution in [1.29, 1.82) is 0 Å². The number of carbonyl (C=O) groups excluding carboxylic acids is 1. The summed E-state index contributed by atoms with van der Waals surface area (Å²) in [5.41, 5.74) is 1.10. The highest BCUT2D eigenvalue weighted by molar-refractivity contribution is 7.99. The molecule has 0 spiro atoms. The van der Waals surface area contributed by atoms with Crippen LogP contribution in [0.3, 0.4) is 0 Å². The number of benzene rings is 2. The van der Waals surface area contributed by atoms with Gasteiger partial charge in [-0.3, -0.25) is 9.59 Å². The number of phenols is 1. The predicted molar refractivity (Wildman–Crippen MR) is 86.2 cm³/mol. The lowest BCUT2D eigenvalue weighted by molar-refractivity contribution is -0.133.